The van der Waals surface area contributed by atoms with Crippen molar-refractivity contribution in [1.82, 2.24) is 15.1 Å². The van der Waals surface area contributed by atoms with Crippen molar-refractivity contribution >= 4 is 11.8 Å². The number of rotatable bonds is 7. The van der Waals surface area contributed by atoms with Crippen LogP contribution in [0.2, 0.25) is 0 Å². The molecular weight excluding hydrogens is 302 g/mol. The van der Waals surface area contributed by atoms with Gasteiger partial charge >= 0.3 is 0 Å². The molecule has 2 rings (SSSR count). The number of likely N-dealkylation sites (N-methyl/N-ethyl adjacent to an activating group) is 1. The van der Waals surface area contributed by atoms with E-state index in [-0.39, 0.29) is 17.7 Å². The molecule has 2 amide bonds. The largest absolute Gasteiger partial charge is 0.355 e. The molecule has 1 N–H and O–H groups in total. The Hall–Kier alpha value is -1.88. The zero-order chi connectivity index (χ0) is 17.4. The Labute approximate surface area is 145 Å². The highest BCUT2D eigenvalue weighted by Crippen LogP contribution is 2.24. The zero-order valence-electron chi connectivity index (χ0n) is 14.8. The predicted molar refractivity (Wildman–Crippen MR) is 95.8 cm³/mol. The minimum absolute atomic E-state index is 0.0499. The monoisotopic (exact) mass is 331 g/mol. The maximum absolute atomic E-state index is 12.9. The van der Waals surface area contributed by atoms with E-state index < -0.39 is 0 Å². The lowest BCUT2D eigenvalue weighted by Gasteiger charge is -2.36. The van der Waals surface area contributed by atoms with E-state index in [1.807, 2.05) is 42.2 Å². The van der Waals surface area contributed by atoms with Crippen LogP contribution in [0.15, 0.2) is 30.3 Å². The fourth-order valence-electron chi connectivity index (χ4n) is 3.21. The zero-order valence-corrected chi connectivity index (χ0v) is 14.8. The molecule has 0 radical (unpaired) electrons. The molecule has 1 aliphatic heterocycles. The Balaban J connectivity index is 1.92. The van der Waals surface area contributed by atoms with Crippen LogP contribution in [0.5, 0.6) is 0 Å². The number of nitrogens with one attached hydrogen (secondary N) is 1. The molecule has 0 bridgehead atoms. The van der Waals surface area contributed by atoms with Gasteiger partial charge in [0.1, 0.15) is 0 Å². The van der Waals surface area contributed by atoms with Gasteiger partial charge in [0.05, 0.1) is 12.5 Å². The first-order chi connectivity index (χ1) is 11.7. The maximum Gasteiger partial charge on any atom is 0.234 e. The van der Waals surface area contributed by atoms with Gasteiger partial charge < -0.3 is 10.2 Å². The van der Waals surface area contributed by atoms with Gasteiger partial charge in [-0.05, 0) is 18.9 Å². The summed E-state index contributed by atoms with van der Waals surface area (Å²) in [6.07, 6.45) is 1.87. The molecule has 0 aliphatic carbocycles. The number of piperazine rings is 1. The smallest absolute Gasteiger partial charge is 0.234 e. The highest BCUT2D eigenvalue weighted by atomic mass is 16.2. The van der Waals surface area contributed by atoms with Gasteiger partial charge in [-0.1, -0.05) is 43.7 Å². The lowest BCUT2D eigenvalue weighted by Crippen LogP contribution is -2.52. The first-order valence-electron chi connectivity index (χ1n) is 8.98. The SMILES string of the molecule is CCCC(C(=O)N1CCN(CC(=O)NCC)CC1)c1ccccc1. The van der Waals surface area contributed by atoms with Crippen molar-refractivity contribution in [2.75, 3.05) is 39.3 Å². The Morgan fingerprint density at radius 1 is 1.08 bits per heavy atom. The topological polar surface area (TPSA) is 52.7 Å². The number of amides is 2. The van der Waals surface area contributed by atoms with Crippen LogP contribution in [-0.4, -0.2) is 60.9 Å². The van der Waals surface area contributed by atoms with E-state index in [2.05, 4.69) is 17.1 Å². The summed E-state index contributed by atoms with van der Waals surface area (Å²) in [6.45, 7) is 8.04. The second kappa shape index (κ2) is 9.42. The highest BCUT2D eigenvalue weighted by Gasteiger charge is 2.28. The van der Waals surface area contributed by atoms with Crippen LogP contribution in [0, 0.1) is 0 Å². The van der Waals surface area contributed by atoms with E-state index >= 15 is 0 Å². The second-order valence-electron chi connectivity index (χ2n) is 6.31. The molecule has 1 fully saturated rings. The number of carbonyl (C=O) groups is 2. The minimum atomic E-state index is -0.0499. The summed E-state index contributed by atoms with van der Waals surface area (Å²) in [4.78, 5) is 28.7. The van der Waals surface area contributed by atoms with Gasteiger partial charge in [0.15, 0.2) is 0 Å². The number of nitrogens with zero attached hydrogens (tertiary/aromatic N) is 2. The van der Waals surface area contributed by atoms with Crippen LogP contribution in [0.1, 0.15) is 38.2 Å². The standard InChI is InChI=1S/C19H29N3O2/c1-3-8-17(16-9-6-5-7-10-16)19(24)22-13-11-21(12-14-22)15-18(23)20-4-2/h5-7,9-10,17H,3-4,8,11-15H2,1-2H3,(H,20,23). The van der Waals surface area contributed by atoms with Gasteiger partial charge in [0, 0.05) is 32.7 Å². The van der Waals surface area contributed by atoms with Crippen LogP contribution >= 0.6 is 0 Å². The Morgan fingerprint density at radius 3 is 2.33 bits per heavy atom. The predicted octanol–water partition coefficient (Wildman–Crippen LogP) is 1.85. The molecule has 1 heterocycles. The van der Waals surface area contributed by atoms with E-state index in [1.165, 1.54) is 0 Å². The van der Waals surface area contributed by atoms with Gasteiger partial charge in [-0.15, -0.1) is 0 Å². The Kier molecular flexibility index (Phi) is 7.25. The van der Waals surface area contributed by atoms with E-state index in [0.29, 0.717) is 26.2 Å². The summed E-state index contributed by atoms with van der Waals surface area (Å²) < 4.78 is 0. The summed E-state index contributed by atoms with van der Waals surface area (Å²) in [5, 5.41) is 2.82. The molecule has 5 heteroatoms. The van der Waals surface area contributed by atoms with Crippen LogP contribution in [-0.2, 0) is 9.59 Å². The van der Waals surface area contributed by atoms with E-state index in [9.17, 15) is 9.59 Å². The van der Waals surface area contributed by atoms with Crippen molar-refractivity contribution < 1.29 is 9.59 Å². The van der Waals surface area contributed by atoms with Gasteiger partial charge in [-0.2, -0.15) is 0 Å². The van der Waals surface area contributed by atoms with Crippen LogP contribution in [0.4, 0.5) is 0 Å². The molecule has 0 saturated carbocycles. The van der Waals surface area contributed by atoms with Gasteiger partial charge in [-0.3, -0.25) is 14.5 Å². The molecular formula is C19H29N3O2. The summed E-state index contributed by atoms with van der Waals surface area (Å²) in [6, 6.07) is 10.1. The van der Waals surface area contributed by atoms with Crippen LogP contribution in [0.25, 0.3) is 0 Å². The fourth-order valence-corrected chi connectivity index (χ4v) is 3.21. The molecule has 132 valence electrons. The first-order valence-corrected chi connectivity index (χ1v) is 8.98. The lowest BCUT2D eigenvalue weighted by atomic mass is 9.93. The van der Waals surface area contributed by atoms with E-state index in [1.54, 1.807) is 0 Å². The van der Waals surface area contributed by atoms with Crippen LogP contribution < -0.4 is 5.32 Å². The molecule has 1 atom stereocenters. The van der Waals surface area contributed by atoms with Gasteiger partial charge in [0.25, 0.3) is 0 Å². The third kappa shape index (κ3) is 5.06. The third-order valence-electron chi connectivity index (χ3n) is 4.50. The number of benzene rings is 1. The molecule has 1 aromatic carbocycles. The minimum Gasteiger partial charge on any atom is -0.355 e. The number of hydrogen-bond donors (Lipinski definition) is 1. The van der Waals surface area contributed by atoms with Crippen molar-refractivity contribution in [3.63, 3.8) is 0 Å². The maximum atomic E-state index is 12.9. The normalized spacial score (nSPS) is 16.7. The summed E-state index contributed by atoms with van der Waals surface area (Å²) in [5.74, 6) is 0.234. The van der Waals surface area contributed by atoms with Crippen LogP contribution in [0.3, 0.4) is 0 Å². The van der Waals surface area contributed by atoms with Crippen molar-refractivity contribution in [2.45, 2.75) is 32.6 Å². The average Bonchev–Trinajstić information content (AvgIpc) is 2.61. The molecule has 0 aromatic heterocycles. The van der Waals surface area contributed by atoms with E-state index in [0.717, 1.165) is 31.5 Å². The molecule has 1 aromatic rings. The number of hydrogen-bond acceptors (Lipinski definition) is 3. The summed E-state index contributed by atoms with van der Waals surface area (Å²) in [5.41, 5.74) is 1.11. The second-order valence-corrected chi connectivity index (χ2v) is 6.31. The van der Waals surface area contributed by atoms with Gasteiger partial charge in [0.2, 0.25) is 11.8 Å². The molecule has 24 heavy (non-hydrogen) atoms. The molecule has 1 aliphatic rings. The van der Waals surface area contributed by atoms with Crippen molar-refractivity contribution in [3.8, 4) is 0 Å². The first kappa shape index (κ1) is 18.5. The highest BCUT2D eigenvalue weighted by molar-refractivity contribution is 5.84. The van der Waals surface area contributed by atoms with Gasteiger partial charge in [-0.25, -0.2) is 0 Å². The fraction of sp³-hybridized carbons (Fsp3) is 0.579. The molecule has 1 saturated heterocycles. The van der Waals surface area contributed by atoms with Crippen molar-refractivity contribution in [1.29, 1.82) is 0 Å². The van der Waals surface area contributed by atoms with E-state index in [4.69, 9.17) is 0 Å². The third-order valence-corrected chi connectivity index (χ3v) is 4.50. The lowest BCUT2D eigenvalue weighted by molar-refractivity contribution is -0.135. The van der Waals surface area contributed by atoms with Crippen molar-refractivity contribution in [3.05, 3.63) is 35.9 Å². The molecule has 5 nitrogen and oxygen atoms in total. The summed E-state index contributed by atoms with van der Waals surface area (Å²) in [7, 11) is 0. The average molecular weight is 331 g/mol. The molecule has 1 unspecified atom stereocenters. The summed E-state index contributed by atoms with van der Waals surface area (Å²) >= 11 is 0. The Bertz CT molecular complexity index is 525. The number of carbonyl (C=O) groups excluding carboxylic acids is 2. The quantitative estimate of drug-likeness (QED) is 0.830. The van der Waals surface area contributed by atoms with Crippen molar-refractivity contribution in [2.24, 2.45) is 0 Å². The molecule has 0 spiro atoms. The Morgan fingerprint density at radius 2 is 1.75 bits per heavy atom.